The van der Waals surface area contributed by atoms with Crippen LogP contribution in [0.15, 0.2) is 86.0 Å². The van der Waals surface area contributed by atoms with Crippen molar-refractivity contribution in [2.75, 3.05) is 19.7 Å². The molecule has 0 aliphatic carbocycles. The molecule has 0 spiro atoms. The standard InChI is InChI=1S/C26H27FN2O6/c1-3-15-28-26(32)29(16-4-2)23-21(27)22(35-25(31)19-13-9-6-10-14-19)20(34-23)17-33-24(30)18-11-7-5-8-12-18/h3-14,20-23H,1-2,15-17H2,(H,28,32). The Kier molecular flexibility index (Phi) is 9.14. The summed E-state index contributed by atoms with van der Waals surface area (Å²) in [5.41, 5.74) is 0.517. The van der Waals surface area contributed by atoms with E-state index < -0.39 is 49.2 Å². The Morgan fingerprint density at radius 3 is 2.14 bits per heavy atom. The van der Waals surface area contributed by atoms with E-state index in [2.05, 4.69) is 18.5 Å². The van der Waals surface area contributed by atoms with Gasteiger partial charge in [-0.25, -0.2) is 18.8 Å². The van der Waals surface area contributed by atoms with Crippen molar-refractivity contribution < 1.29 is 33.0 Å². The Bertz CT molecular complexity index is 1030. The lowest BCUT2D eigenvalue weighted by Gasteiger charge is -2.28. The largest absolute Gasteiger partial charge is 0.459 e. The number of carbonyl (C=O) groups excluding carboxylic acids is 3. The van der Waals surface area contributed by atoms with Gasteiger partial charge in [-0.2, -0.15) is 0 Å². The number of urea groups is 1. The van der Waals surface area contributed by atoms with Crippen molar-refractivity contribution in [3.05, 3.63) is 97.1 Å². The molecule has 2 aromatic carbocycles. The van der Waals surface area contributed by atoms with Crippen molar-refractivity contribution in [2.45, 2.75) is 24.6 Å². The average Bonchev–Trinajstić information content (AvgIpc) is 3.19. The molecule has 184 valence electrons. The monoisotopic (exact) mass is 482 g/mol. The summed E-state index contributed by atoms with van der Waals surface area (Å²) in [6.45, 7) is 6.86. The van der Waals surface area contributed by atoms with Gasteiger partial charge >= 0.3 is 18.0 Å². The zero-order chi connectivity index (χ0) is 25.2. The molecule has 35 heavy (non-hydrogen) atoms. The number of alkyl halides is 1. The van der Waals surface area contributed by atoms with E-state index >= 15 is 4.39 Å². The second-order valence-corrected chi connectivity index (χ2v) is 7.63. The molecular weight excluding hydrogens is 455 g/mol. The van der Waals surface area contributed by atoms with E-state index in [1.165, 1.54) is 24.3 Å². The fourth-order valence-corrected chi connectivity index (χ4v) is 3.50. The van der Waals surface area contributed by atoms with Gasteiger partial charge in [-0.1, -0.05) is 48.6 Å². The number of ether oxygens (including phenoxy) is 3. The smallest absolute Gasteiger partial charge is 0.338 e. The number of benzene rings is 2. The van der Waals surface area contributed by atoms with E-state index in [0.29, 0.717) is 5.56 Å². The molecule has 0 bridgehead atoms. The lowest BCUT2D eigenvalue weighted by atomic mass is 10.1. The van der Waals surface area contributed by atoms with Crippen molar-refractivity contribution in [1.82, 2.24) is 10.2 Å². The molecule has 3 rings (SSSR count). The molecule has 0 aromatic heterocycles. The summed E-state index contributed by atoms with van der Waals surface area (Å²) < 4.78 is 32.2. The SMILES string of the molecule is C=CCNC(=O)N(CC=C)C1OC(COC(=O)c2ccccc2)C(OC(=O)c2ccccc2)C1F. The molecule has 2 amide bonds. The van der Waals surface area contributed by atoms with Gasteiger partial charge in [0.15, 0.2) is 18.5 Å². The number of carbonyl (C=O) groups is 3. The van der Waals surface area contributed by atoms with Crippen molar-refractivity contribution in [3.8, 4) is 0 Å². The highest BCUT2D eigenvalue weighted by atomic mass is 19.1. The number of amides is 2. The maximum absolute atomic E-state index is 15.7. The van der Waals surface area contributed by atoms with Crippen molar-refractivity contribution in [1.29, 1.82) is 0 Å². The Balaban J connectivity index is 1.80. The van der Waals surface area contributed by atoms with Crippen LogP contribution < -0.4 is 5.32 Å². The molecular formula is C26H27FN2O6. The molecule has 0 saturated carbocycles. The van der Waals surface area contributed by atoms with E-state index in [4.69, 9.17) is 14.2 Å². The van der Waals surface area contributed by atoms with E-state index in [0.717, 1.165) is 4.90 Å². The van der Waals surface area contributed by atoms with E-state index in [9.17, 15) is 14.4 Å². The topological polar surface area (TPSA) is 94.2 Å². The minimum Gasteiger partial charge on any atom is -0.459 e. The van der Waals surface area contributed by atoms with Crippen molar-refractivity contribution in [2.24, 2.45) is 0 Å². The molecule has 4 unspecified atom stereocenters. The fourth-order valence-electron chi connectivity index (χ4n) is 3.50. The average molecular weight is 483 g/mol. The number of nitrogens with one attached hydrogen (secondary N) is 1. The summed E-state index contributed by atoms with van der Waals surface area (Å²) in [6.07, 6.45) is -3.03. The second-order valence-electron chi connectivity index (χ2n) is 7.63. The Labute approximate surface area is 203 Å². The first kappa shape index (κ1) is 25.6. The van der Waals surface area contributed by atoms with Crippen molar-refractivity contribution in [3.63, 3.8) is 0 Å². The van der Waals surface area contributed by atoms with Crippen LogP contribution in [-0.2, 0) is 14.2 Å². The number of hydrogen-bond donors (Lipinski definition) is 1. The first-order valence-electron chi connectivity index (χ1n) is 11.0. The van der Waals surface area contributed by atoms with Gasteiger partial charge in [0.1, 0.15) is 12.7 Å². The van der Waals surface area contributed by atoms with Crippen LogP contribution in [0.1, 0.15) is 20.7 Å². The zero-order valence-corrected chi connectivity index (χ0v) is 19.0. The first-order valence-corrected chi connectivity index (χ1v) is 11.0. The molecule has 0 radical (unpaired) electrons. The van der Waals surface area contributed by atoms with Crippen molar-refractivity contribution >= 4 is 18.0 Å². The molecule has 2 aromatic rings. The van der Waals surface area contributed by atoms with Crippen LogP contribution in [0.3, 0.4) is 0 Å². The zero-order valence-electron chi connectivity index (χ0n) is 19.0. The molecule has 9 heteroatoms. The Morgan fingerprint density at radius 2 is 1.57 bits per heavy atom. The number of halogens is 1. The second kappa shape index (κ2) is 12.5. The minimum atomic E-state index is -1.92. The normalized spacial score (nSPS) is 20.9. The van der Waals surface area contributed by atoms with Gasteiger partial charge in [-0.05, 0) is 24.3 Å². The lowest BCUT2D eigenvalue weighted by Crippen LogP contribution is -2.50. The van der Waals surface area contributed by atoms with Crippen LogP contribution in [0.4, 0.5) is 9.18 Å². The van der Waals surface area contributed by atoms with Gasteiger partial charge in [0.25, 0.3) is 0 Å². The molecule has 1 saturated heterocycles. The van der Waals surface area contributed by atoms with Crippen LogP contribution in [0.2, 0.25) is 0 Å². The van der Waals surface area contributed by atoms with Gasteiger partial charge in [0.05, 0.1) is 11.1 Å². The van der Waals surface area contributed by atoms with Gasteiger partial charge in [-0.3, -0.25) is 4.90 Å². The lowest BCUT2D eigenvalue weighted by molar-refractivity contribution is -0.0730. The maximum atomic E-state index is 15.7. The third kappa shape index (κ3) is 6.54. The Morgan fingerprint density at radius 1 is 0.971 bits per heavy atom. The van der Waals surface area contributed by atoms with Gasteiger partial charge in [-0.15, -0.1) is 13.2 Å². The fraction of sp³-hybridized carbons (Fsp3) is 0.269. The summed E-state index contributed by atoms with van der Waals surface area (Å²) in [4.78, 5) is 38.8. The van der Waals surface area contributed by atoms with Gasteiger partial charge in [0, 0.05) is 13.1 Å². The highest BCUT2D eigenvalue weighted by molar-refractivity contribution is 5.90. The first-order chi connectivity index (χ1) is 17.0. The van der Waals surface area contributed by atoms with Crippen LogP contribution >= 0.6 is 0 Å². The Hall–Kier alpha value is -3.98. The molecule has 1 heterocycles. The predicted octanol–water partition coefficient (Wildman–Crippen LogP) is 3.52. The summed E-state index contributed by atoms with van der Waals surface area (Å²) in [5.74, 6) is -1.42. The molecule has 1 aliphatic rings. The van der Waals surface area contributed by atoms with Gasteiger partial charge in [0.2, 0.25) is 0 Å². The summed E-state index contributed by atoms with van der Waals surface area (Å²) in [5, 5.41) is 2.56. The molecule has 8 nitrogen and oxygen atoms in total. The van der Waals surface area contributed by atoms with Gasteiger partial charge < -0.3 is 19.5 Å². The number of hydrogen-bond acceptors (Lipinski definition) is 6. The minimum absolute atomic E-state index is 0.0378. The van der Waals surface area contributed by atoms with Crippen LogP contribution in [0.25, 0.3) is 0 Å². The highest BCUT2D eigenvalue weighted by Gasteiger charge is 2.51. The van der Waals surface area contributed by atoms with Crippen LogP contribution in [0.5, 0.6) is 0 Å². The number of nitrogens with zero attached hydrogens (tertiary/aromatic N) is 1. The van der Waals surface area contributed by atoms with E-state index in [1.54, 1.807) is 48.5 Å². The maximum Gasteiger partial charge on any atom is 0.338 e. The number of rotatable bonds is 10. The summed E-state index contributed by atoms with van der Waals surface area (Å²) >= 11 is 0. The van der Waals surface area contributed by atoms with Crippen LogP contribution in [0, 0.1) is 0 Å². The molecule has 1 N–H and O–H groups in total. The van der Waals surface area contributed by atoms with E-state index in [-0.39, 0.29) is 18.7 Å². The molecule has 1 fully saturated rings. The van der Waals surface area contributed by atoms with E-state index in [1.807, 2.05) is 0 Å². The third-order valence-electron chi connectivity index (χ3n) is 5.20. The van der Waals surface area contributed by atoms with Crippen LogP contribution in [-0.4, -0.2) is 67.2 Å². The molecule has 1 aliphatic heterocycles. The summed E-state index contributed by atoms with van der Waals surface area (Å²) in [6, 6.07) is 15.7. The summed E-state index contributed by atoms with van der Waals surface area (Å²) in [7, 11) is 0. The quantitative estimate of drug-likeness (QED) is 0.411. The number of esters is 2. The molecule has 4 atom stereocenters. The predicted molar refractivity (Wildman–Crippen MR) is 126 cm³/mol. The third-order valence-corrected chi connectivity index (χ3v) is 5.20. The highest BCUT2D eigenvalue weighted by Crippen LogP contribution is 2.30.